The second-order valence-electron chi connectivity index (χ2n) is 5.11. The van der Waals surface area contributed by atoms with E-state index in [4.69, 9.17) is 10.5 Å². The van der Waals surface area contributed by atoms with Gasteiger partial charge in [-0.25, -0.2) is 0 Å². The molecule has 1 fully saturated rings. The minimum absolute atomic E-state index is 0.219. The number of nitrogens with two attached hydrogens (primary N) is 1. The maximum Gasteiger partial charge on any atom is 0.222 e. The van der Waals surface area contributed by atoms with Gasteiger partial charge < -0.3 is 15.4 Å². The number of halogens is 1. The van der Waals surface area contributed by atoms with Crippen molar-refractivity contribution in [2.24, 2.45) is 11.7 Å². The first kappa shape index (κ1) is 15.3. The van der Waals surface area contributed by atoms with Crippen molar-refractivity contribution in [3.63, 3.8) is 0 Å². The van der Waals surface area contributed by atoms with Crippen molar-refractivity contribution in [2.45, 2.75) is 19.3 Å². The maximum atomic E-state index is 12.0. The molecule has 0 saturated carbocycles. The highest BCUT2D eigenvalue weighted by Crippen LogP contribution is 2.24. The zero-order valence-electron chi connectivity index (χ0n) is 11.6. The van der Waals surface area contributed by atoms with Gasteiger partial charge >= 0.3 is 0 Å². The lowest BCUT2D eigenvalue weighted by atomic mass is 10.1. The van der Waals surface area contributed by atoms with Crippen LogP contribution in [0, 0.1) is 5.92 Å². The van der Waals surface area contributed by atoms with Gasteiger partial charge in [-0.2, -0.15) is 0 Å². The summed E-state index contributed by atoms with van der Waals surface area (Å²) in [5.41, 5.74) is 5.63. The highest BCUT2D eigenvalue weighted by molar-refractivity contribution is 9.10. The number of carbonyl (C=O) groups excluding carboxylic acids is 1. The van der Waals surface area contributed by atoms with E-state index in [0.29, 0.717) is 25.5 Å². The average molecular weight is 341 g/mol. The lowest BCUT2D eigenvalue weighted by Gasteiger charge is -2.16. The van der Waals surface area contributed by atoms with Crippen LogP contribution in [0.5, 0.6) is 5.75 Å². The van der Waals surface area contributed by atoms with Crippen molar-refractivity contribution >= 4 is 21.8 Å². The molecule has 1 aromatic rings. The van der Waals surface area contributed by atoms with Gasteiger partial charge in [0.25, 0.3) is 0 Å². The Morgan fingerprint density at radius 3 is 2.95 bits per heavy atom. The zero-order valence-corrected chi connectivity index (χ0v) is 13.1. The molecule has 1 amide bonds. The topological polar surface area (TPSA) is 55.6 Å². The molecule has 1 aliphatic heterocycles. The van der Waals surface area contributed by atoms with Crippen LogP contribution in [0.4, 0.5) is 0 Å². The standard InChI is InChI=1S/C15H21BrN2O2/c16-13-4-1-2-5-14(13)20-9-3-6-15(19)18-8-7-12(10-17)11-18/h1-2,4-5,12H,3,6-11,17H2/t12-/m0/s1. The average Bonchev–Trinajstić information content (AvgIpc) is 2.94. The van der Waals surface area contributed by atoms with E-state index in [-0.39, 0.29) is 5.91 Å². The molecule has 20 heavy (non-hydrogen) atoms. The van der Waals surface area contributed by atoms with Crippen LogP contribution in [0.1, 0.15) is 19.3 Å². The van der Waals surface area contributed by atoms with E-state index in [2.05, 4.69) is 15.9 Å². The van der Waals surface area contributed by atoms with Crippen LogP contribution in [-0.2, 0) is 4.79 Å². The number of ether oxygens (including phenoxy) is 1. The van der Waals surface area contributed by atoms with Crippen molar-refractivity contribution in [1.29, 1.82) is 0 Å². The molecule has 1 atom stereocenters. The normalized spacial score (nSPS) is 18.3. The molecule has 0 radical (unpaired) electrons. The number of benzene rings is 1. The Hall–Kier alpha value is -1.07. The first-order valence-electron chi connectivity index (χ1n) is 7.06. The van der Waals surface area contributed by atoms with E-state index >= 15 is 0 Å². The van der Waals surface area contributed by atoms with Crippen molar-refractivity contribution in [1.82, 2.24) is 4.90 Å². The second kappa shape index (κ2) is 7.64. The monoisotopic (exact) mass is 340 g/mol. The third-order valence-corrected chi connectivity index (χ3v) is 4.26. The summed E-state index contributed by atoms with van der Waals surface area (Å²) < 4.78 is 6.60. The fraction of sp³-hybridized carbons (Fsp3) is 0.533. The highest BCUT2D eigenvalue weighted by atomic mass is 79.9. The molecule has 2 rings (SSSR count). The van der Waals surface area contributed by atoms with Crippen LogP contribution in [0.2, 0.25) is 0 Å². The van der Waals surface area contributed by atoms with Gasteiger partial charge in [-0.15, -0.1) is 0 Å². The Morgan fingerprint density at radius 1 is 1.45 bits per heavy atom. The molecule has 4 nitrogen and oxygen atoms in total. The molecule has 0 spiro atoms. The number of carbonyl (C=O) groups is 1. The summed E-state index contributed by atoms with van der Waals surface area (Å²) in [6.45, 7) is 2.91. The number of hydrogen-bond donors (Lipinski definition) is 1. The highest BCUT2D eigenvalue weighted by Gasteiger charge is 2.24. The predicted molar refractivity (Wildman–Crippen MR) is 82.6 cm³/mol. The minimum Gasteiger partial charge on any atom is -0.492 e. The van der Waals surface area contributed by atoms with Gasteiger partial charge in [-0.3, -0.25) is 4.79 Å². The summed E-state index contributed by atoms with van der Waals surface area (Å²) in [5, 5.41) is 0. The summed E-state index contributed by atoms with van der Waals surface area (Å²) in [6.07, 6.45) is 2.32. The Kier molecular flexibility index (Phi) is 5.86. The molecular weight excluding hydrogens is 320 g/mol. The molecule has 1 heterocycles. The number of nitrogens with zero attached hydrogens (tertiary/aromatic N) is 1. The number of para-hydroxylation sites is 1. The van der Waals surface area contributed by atoms with E-state index in [1.165, 1.54) is 0 Å². The number of amides is 1. The third kappa shape index (κ3) is 4.21. The molecule has 1 aromatic carbocycles. The van der Waals surface area contributed by atoms with E-state index in [1.807, 2.05) is 29.2 Å². The third-order valence-electron chi connectivity index (χ3n) is 3.60. The molecule has 1 aliphatic rings. The van der Waals surface area contributed by atoms with Gasteiger partial charge in [0.05, 0.1) is 11.1 Å². The lowest BCUT2D eigenvalue weighted by molar-refractivity contribution is -0.130. The molecule has 110 valence electrons. The summed E-state index contributed by atoms with van der Waals surface area (Å²) in [7, 11) is 0. The maximum absolute atomic E-state index is 12.0. The van der Waals surface area contributed by atoms with Crippen LogP contribution in [0.3, 0.4) is 0 Å². The lowest BCUT2D eigenvalue weighted by Crippen LogP contribution is -2.29. The van der Waals surface area contributed by atoms with Crippen molar-refractivity contribution < 1.29 is 9.53 Å². The first-order chi connectivity index (χ1) is 9.70. The molecule has 2 N–H and O–H groups in total. The van der Waals surface area contributed by atoms with Crippen molar-refractivity contribution in [2.75, 3.05) is 26.2 Å². The second-order valence-corrected chi connectivity index (χ2v) is 5.97. The predicted octanol–water partition coefficient (Wildman–Crippen LogP) is 2.42. The molecule has 0 unspecified atom stereocenters. The van der Waals surface area contributed by atoms with Crippen molar-refractivity contribution in [3.05, 3.63) is 28.7 Å². The smallest absolute Gasteiger partial charge is 0.222 e. The summed E-state index contributed by atoms with van der Waals surface area (Å²) in [6, 6.07) is 7.74. The summed E-state index contributed by atoms with van der Waals surface area (Å²) in [5.74, 6) is 1.52. The molecular formula is C15H21BrN2O2. The Balaban J connectivity index is 1.66. The van der Waals surface area contributed by atoms with Gasteiger partial charge in [0.15, 0.2) is 0 Å². The quantitative estimate of drug-likeness (QED) is 0.809. The molecule has 5 heteroatoms. The van der Waals surface area contributed by atoms with E-state index in [9.17, 15) is 4.79 Å². The SMILES string of the molecule is NC[C@@H]1CCN(C(=O)CCCOc2ccccc2Br)C1. The van der Waals surface area contributed by atoms with Gasteiger partial charge in [-0.1, -0.05) is 12.1 Å². The Morgan fingerprint density at radius 2 is 2.25 bits per heavy atom. The Bertz CT molecular complexity index is 453. The van der Waals surface area contributed by atoms with Gasteiger partial charge in [-0.05, 0) is 53.4 Å². The summed E-state index contributed by atoms with van der Waals surface area (Å²) >= 11 is 3.43. The number of hydrogen-bond acceptors (Lipinski definition) is 3. The van der Waals surface area contributed by atoms with Gasteiger partial charge in [0.2, 0.25) is 5.91 Å². The van der Waals surface area contributed by atoms with E-state index in [1.54, 1.807) is 0 Å². The zero-order chi connectivity index (χ0) is 14.4. The first-order valence-corrected chi connectivity index (χ1v) is 7.85. The van der Waals surface area contributed by atoms with Gasteiger partial charge in [0, 0.05) is 19.5 Å². The van der Waals surface area contributed by atoms with Crippen LogP contribution in [0.25, 0.3) is 0 Å². The van der Waals surface area contributed by atoms with Gasteiger partial charge in [0.1, 0.15) is 5.75 Å². The molecule has 1 saturated heterocycles. The van der Waals surface area contributed by atoms with Crippen molar-refractivity contribution in [3.8, 4) is 5.75 Å². The van der Waals surface area contributed by atoms with E-state index in [0.717, 1.165) is 36.2 Å². The van der Waals surface area contributed by atoms with E-state index < -0.39 is 0 Å². The fourth-order valence-electron chi connectivity index (χ4n) is 2.38. The van der Waals surface area contributed by atoms with Crippen LogP contribution >= 0.6 is 15.9 Å². The number of rotatable bonds is 6. The minimum atomic E-state index is 0.219. The summed E-state index contributed by atoms with van der Waals surface area (Å²) in [4.78, 5) is 13.9. The Labute approximate surface area is 128 Å². The molecule has 0 aromatic heterocycles. The van der Waals surface area contributed by atoms with Crippen LogP contribution in [0.15, 0.2) is 28.7 Å². The number of likely N-dealkylation sites (tertiary alicyclic amines) is 1. The largest absolute Gasteiger partial charge is 0.492 e. The van der Waals surface area contributed by atoms with Crippen LogP contribution < -0.4 is 10.5 Å². The molecule has 0 aliphatic carbocycles. The van der Waals surface area contributed by atoms with Crippen LogP contribution in [-0.4, -0.2) is 37.0 Å². The fourth-order valence-corrected chi connectivity index (χ4v) is 2.78. The molecule has 0 bridgehead atoms.